The van der Waals surface area contributed by atoms with Crippen LogP contribution < -0.4 is 9.47 Å². The van der Waals surface area contributed by atoms with Gasteiger partial charge in [0.2, 0.25) is 0 Å². The first-order valence-corrected chi connectivity index (χ1v) is 10.7. The molecule has 1 amide bonds. The molecule has 11 heteroatoms. The van der Waals surface area contributed by atoms with Gasteiger partial charge in [-0.1, -0.05) is 12.1 Å². The van der Waals surface area contributed by atoms with E-state index in [0.29, 0.717) is 47.9 Å². The van der Waals surface area contributed by atoms with Crippen LogP contribution in [0.15, 0.2) is 49.1 Å². The molecule has 34 heavy (non-hydrogen) atoms. The number of ether oxygens (including phenoxy) is 2. The number of benzene rings is 1. The number of methoxy groups -OCH3 is 1. The molecule has 2 aliphatic heterocycles. The summed E-state index contributed by atoms with van der Waals surface area (Å²) < 4.78 is 49.7. The molecule has 2 fully saturated rings. The zero-order valence-electron chi connectivity index (χ0n) is 18.1. The Bertz CT molecular complexity index is 1190. The maximum Gasteiger partial charge on any atom is 0.419 e. The fourth-order valence-corrected chi connectivity index (χ4v) is 4.71. The van der Waals surface area contributed by atoms with Crippen LogP contribution >= 0.6 is 0 Å². The van der Waals surface area contributed by atoms with Gasteiger partial charge in [0.1, 0.15) is 11.9 Å². The molecule has 0 unspecified atom stereocenters. The molecule has 3 atom stereocenters. The fourth-order valence-electron chi connectivity index (χ4n) is 4.71. The molecular weight excluding hydrogens is 451 g/mol. The van der Waals surface area contributed by atoms with Crippen molar-refractivity contribution < 1.29 is 27.4 Å². The highest BCUT2D eigenvalue weighted by atomic mass is 19.4. The third-order valence-corrected chi connectivity index (χ3v) is 6.19. The molecule has 0 saturated carbocycles. The molecule has 2 aliphatic rings. The summed E-state index contributed by atoms with van der Waals surface area (Å²) in [6.07, 6.45) is 1.68. The van der Waals surface area contributed by atoms with Gasteiger partial charge in [-0.3, -0.25) is 4.79 Å². The molecular formula is C23H20F3N5O3. The van der Waals surface area contributed by atoms with Crippen LogP contribution in [0.1, 0.15) is 35.2 Å². The van der Waals surface area contributed by atoms with Crippen LogP contribution in [0.4, 0.5) is 13.2 Å². The number of alkyl halides is 3. The molecule has 1 aromatic carbocycles. The van der Waals surface area contributed by atoms with Gasteiger partial charge in [-0.15, -0.1) is 0 Å². The molecule has 0 spiro atoms. The Morgan fingerprint density at radius 3 is 2.47 bits per heavy atom. The maximum absolute atomic E-state index is 13.8. The van der Waals surface area contributed by atoms with Gasteiger partial charge in [0, 0.05) is 42.8 Å². The Morgan fingerprint density at radius 1 is 1.06 bits per heavy atom. The lowest BCUT2D eigenvalue weighted by Crippen LogP contribution is -2.39. The Morgan fingerprint density at radius 2 is 1.79 bits per heavy atom. The van der Waals surface area contributed by atoms with E-state index in [2.05, 4.69) is 19.9 Å². The first-order valence-electron chi connectivity index (χ1n) is 10.7. The molecule has 5 rings (SSSR count). The Balaban J connectivity index is 1.41. The highest BCUT2D eigenvalue weighted by Crippen LogP contribution is 2.42. The van der Waals surface area contributed by atoms with Gasteiger partial charge in [-0.25, -0.2) is 19.9 Å². The van der Waals surface area contributed by atoms with E-state index in [1.807, 2.05) is 0 Å². The summed E-state index contributed by atoms with van der Waals surface area (Å²) in [7, 11) is 1.49. The second kappa shape index (κ2) is 8.54. The molecule has 2 bridgehead atoms. The third-order valence-electron chi connectivity index (χ3n) is 6.19. The van der Waals surface area contributed by atoms with Crippen molar-refractivity contribution in [3.05, 3.63) is 60.2 Å². The average molecular weight is 471 g/mol. The first-order chi connectivity index (χ1) is 16.4. The Labute approximate surface area is 192 Å². The van der Waals surface area contributed by atoms with Crippen LogP contribution in [-0.2, 0) is 6.18 Å². The summed E-state index contributed by atoms with van der Waals surface area (Å²) in [6.45, 7) is 0. The molecule has 2 aromatic heterocycles. The van der Waals surface area contributed by atoms with E-state index < -0.39 is 17.8 Å². The lowest BCUT2D eigenvalue weighted by atomic mass is 9.98. The Kier molecular flexibility index (Phi) is 5.54. The number of hydrogen-bond donors (Lipinski definition) is 0. The first kappa shape index (κ1) is 22.1. The summed E-state index contributed by atoms with van der Waals surface area (Å²) in [6, 6.07) is 6.46. The second-order valence-electron chi connectivity index (χ2n) is 8.11. The van der Waals surface area contributed by atoms with Crippen molar-refractivity contribution in [2.24, 2.45) is 0 Å². The van der Waals surface area contributed by atoms with Crippen molar-refractivity contribution in [1.29, 1.82) is 0 Å². The quantitative estimate of drug-likeness (QED) is 0.559. The Hall–Kier alpha value is -3.76. The van der Waals surface area contributed by atoms with E-state index in [0.717, 1.165) is 6.42 Å². The van der Waals surface area contributed by atoms with Crippen LogP contribution in [0.5, 0.6) is 11.8 Å². The minimum atomic E-state index is -4.52. The number of aromatic nitrogens is 4. The van der Waals surface area contributed by atoms with Crippen molar-refractivity contribution in [1.82, 2.24) is 24.8 Å². The summed E-state index contributed by atoms with van der Waals surface area (Å²) in [5, 5.41) is 0. The lowest BCUT2D eigenvalue weighted by Gasteiger charge is -2.26. The van der Waals surface area contributed by atoms with Gasteiger partial charge in [0.25, 0.3) is 5.91 Å². The number of hydrogen-bond acceptors (Lipinski definition) is 7. The number of rotatable bonds is 5. The third kappa shape index (κ3) is 3.91. The second-order valence-corrected chi connectivity index (χ2v) is 8.11. The topological polar surface area (TPSA) is 90.3 Å². The predicted molar refractivity (Wildman–Crippen MR) is 113 cm³/mol. The highest BCUT2D eigenvalue weighted by molar-refractivity contribution is 6.03. The van der Waals surface area contributed by atoms with E-state index in [1.165, 1.54) is 7.11 Å². The number of carbonyl (C=O) groups excluding carboxylic acids is 1. The van der Waals surface area contributed by atoms with Gasteiger partial charge < -0.3 is 14.4 Å². The zero-order valence-corrected chi connectivity index (χ0v) is 18.1. The van der Waals surface area contributed by atoms with Gasteiger partial charge in [0.15, 0.2) is 5.82 Å². The highest BCUT2D eigenvalue weighted by Gasteiger charge is 2.51. The monoisotopic (exact) mass is 471 g/mol. The van der Waals surface area contributed by atoms with Crippen molar-refractivity contribution in [2.75, 3.05) is 7.11 Å². The largest absolute Gasteiger partial charge is 0.496 e. The molecule has 8 nitrogen and oxygen atoms in total. The number of nitrogens with zero attached hydrogens (tertiary/aromatic N) is 5. The standard InChI is InChI=1S/C23H20F3N5O3/c1-33-17-5-2-4-15(20-27-8-3-9-28-20)19(17)21(32)31-14-6-7-16(31)18(10-14)34-22-29-11-13(12-30-22)23(24,25)26/h2-5,8-9,11-12,14,16,18H,6-7,10H2,1H3/t14-,16+,18-/m1/s1. The van der Waals surface area contributed by atoms with Crippen LogP contribution in [0.2, 0.25) is 0 Å². The van der Waals surface area contributed by atoms with E-state index in [9.17, 15) is 18.0 Å². The summed E-state index contributed by atoms with van der Waals surface area (Å²) >= 11 is 0. The predicted octanol–water partition coefficient (Wildman–Crippen LogP) is 3.79. The number of carbonyl (C=O) groups is 1. The summed E-state index contributed by atoms with van der Waals surface area (Å²) in [5.41, 5.74) is -0.0317. The molecule has 2 saturated heterocycles. The SMILES string of the molecule is COc1cccc(-c2ncccn2)c1C(=O)N1[C@@H]2CC[C@H]1[C@H](Oc1ncc(C(F)(F)F)cn1)C2. The average Bonchev–Trinajstić information content (AvgIpc) is 3.41. The van der Waals surface area contributed by atoms with Crippen molar-refractivity contribution >= 4 is 5.91 Å². The maximum atomic E-state index is 13.8. The van der Waals surface area contributed by atoms with Crippen molar-refractivity contribution in [3.8, 4) is 23.1 Å². The normalized spacial score (nSPS) is 21.5. The molecule has 4 heterocycles. The van der Waals surface area contributed by atoms with E-state index in [4.69, 9.17) is 9.47 Å². The smallest absolute Gasteiger partial charge is 0.419 e. The molecule has 3 aromatic rings. The van der Waals surface area contributed by atoms with Gasteiger partial charge in [0.05, 0.1) is 24.3 Å². The summed E-state index contributed by atoms with van der Waals surface area (Å²) in [5.74, 6) is 0.582. The minimum absolute atomic E-state index is 0.0774. The van der Waals surface area contributed by atoms with Crippen LogP contribution in [0.3, 0.4) is 0 Å². The summed E-state index contributed by atoms with van der Waals surface area (Å²) in [4.78, 5) is 31.6. The van der Waals surface area contributed by atoms with Gasteiger partial charge in [-0.2, -0.15) is 13.2 Å². The lowest BCUT2D eigenvalue weighted by molar-refractivity contribution is -0.138. The van der Waals surface area contributed by atoms with E-state index in [-0.39, 0.29) is 24.0 Å². The van der Waals surface area contributed by atoms with Crippen molar-refractivity contribution in [2.45, 2.75) is 43.6 Å². The zero-order chi connectivity index (χ0) is 23.9. The number of fused-ring (bicyclic) bond motifs is 2. The number of amides is 1. The molecule has 176 valence electrons. The number of halogens is 3. The molecule has 0 N–H and O–H groups in total. The van der Waals surface area contributed by atoms with E-state index in [1.54, 1.807) is 41.6 Å². The molecule has 0 aliphatic carbocycles. The van der Waals surface area contributed by atoms with Crippen LogP contribution in [-0.4, -0.2) is 56.0 Å². The minimum Gasteiger partial charge on any atom is -0.496 e. The molecule has 0 radical (unpaired) electrons. The van der Waals surface area contributed by atoms with Gasteiger partial charge >= 0.3 is 12.2 Å². The van der Waals surface area contributed by atoms with Crippen molar-refractivity contribution in [3.63, 3.8) is 0 Å². The van der Waals surface area contributed by atoms with Crippen LogP contribution in [0, 0.1) is 0 Å². The fraction of sp³-hybridized carbons (Fsp3) is 0.348. The van der Waals surface area contributed by atoms with E-state index >= 15 is 0 Å². The van der Waals surface area contributed by atoms with Gasteiger partial charge in [-0.05, 0) is 25.0 Å². The van der Waals surface area contributed by atoms with Crippen LogP contribution in [0.25, 0.3) is 11.4 Å².